The standard InChI is InChI=1S/C21H26N6OS/c1-16-17(2)29-20(24-16)26-14-21(15-26,13-18-7-4-3-5-8-18)19(28)22-9-6-11-27-12-10-23-25-27/h3-5,7-8,10,12H,6,9,11,13-15H2,1-2H3,(H,22,28). The number of nitrogens with zero attached hydrogens (tertiary/aromatic N) is 5. The summed E-state index contributed by atoms with van der Waals surface area (Å²) in [6.45, 7) is 6.90. The van der Waals surface area contributed by atoms with Crippen molar-refractivity contribution >= 4 is 22.4 Å². The summed E-state index contributed by atoms with van der Waals surface area (Å²) in [5.74, 6) is 0.126. The van der Waals surface area contributed by atoms with Gasteiger partial charge in [0, 0.05) is 37.3 Å². The van der Waals surface area contributed by atoms with E-state index in [2.05, 4.69) is 44.6 Å². The Labute approximate surface area is 174 Å². The van der Waals surface area contributed by atoms with Crippen LogP contribution >= 0.6 is 11.3 Å². The van der Waals surface area contributed by atoms with Crippen LogP contribution < -0.4 is 10.2 Å². The van der Waals surface area contributed by atoms with Crippen molar-refractivity contribution in [2.75, 3.05) is 24.5 Å². The lowest BCUT2D eigenvalue weighted by Gasteiger charge is -2.49. The molecule has 1 aromatic carbocycles. The second-order valence-electron chi connectivity index (χ2n) is 7.71. The van der Waals surface area contributed by atoms with E-state index in [1.54, 1.807) is 22.2 Å². The normalized spacial score (nSPS) is 15.2. The molecule has 8 heteroatoms. The third-order valence-electron chi connectivity index (χ3n) is 5.46. The molecule has 1 saturated heterocycles. The van der Waals surface area contributed by atoms with Crippen molar-refractivity contribution in [2.45, 2.75) is 33.2 Å². The van der Waals surface area contributed by atoms with Crippen LogP contribution in [-0.4, -0.2) is 45.5 Å². The summed E-state index contributed by atoms with van der Waals surface area (Å²) >= 11 is 1.70. The van der Waals surface area contributed by atoms with Gasteiger partial charge in [0.2, 0.25) is 5.91 Å². The average molecular weight is 411 g/mol. The Balaban J connectivity index is 1.40. The van der Waals surface area contributed by atoms with Gasteiger partial charge in [-0.3, -0.25) is 9.48 Å². The number of thiazole rings is 1. The first-order valence-electron chi connectivity index (χ1n) is 9.91. The highest BCUT2D eigenvalue weighted by molar-refractivity contribution is 7.15. The molecular formula is C21H26N6OS. The maximum atomic E-state index is 13.2. The molecule has 0 unspecified atom stereocenters. The third kappa shape index (κ3) is 4.32. The topological polar surface area (TPSA) is 75.9 Å². The summed E-state index contributed by atoms with van der Waals surface area (Å²) in [5, 5.41) is 11.9. The predicted molar refractivity (Wildman–Crippen MR) is 114 cm³/mol. The predicted octanol–water partition coefficient (Wildman–Crippen LogP) is 2.61. The number of anilines is 1. The zero-order valence-electron chi connectivity index (χ0n) is 16.8. The Hall–Kier alpha value is -2.74. The third-order valence-corrected chi connectivity index (χ3v) is 6.60. The lowest BCUT2D eigenvalue weighted by Crippen LogP contribution is -2.64. The number of aromatic nitrogens is 4. The largest absolute Gasteiger partial charge is 0.355 e. The number of rotatable bonds is 8. The molecule has 0 saturated carbocycles. The number of benzene rings is 1. The van der Waals surface area contributed by atoms with Crippen molar-refractivity contribution < 1.29 is 4.79 Å². The minimum atomic E-state index is -0.415. The van der Waals surface area contributed by atoms with E-state index < -0.39 is 5.41 Å². The number of carbonyl (C=O) groups excluding carboxylic acids is 1. The van der Waals surface area contributed by atoms with Gasteiger partial charge >= 0.3 is 0 Å². The SMILES string of the molecule is Cc1nc(N2CC(Cc3ccccc3)(C(=O)NCCCn3ccnn3)C2)sc1C. The van der Waals surface area contributed by atoms with Crippen molar-refractivity contribution in [1.29, 1.82) is 0 Å². The molecule has 152 valence electrons. The van der Waals surface area contributed by atoms with Gasteiger partial charge in [0.15, 0.2) is 5.13 Å². The van der Waals surface area contributed by atoms with Gasteiger partial charge in [0.1, 0.15) is 0 Å². The molecule has 0 bridgehead atoms. The molecule has 29 heavy (non-hydrogen) atoms. The van der Waals surface area contributed by atoms with Crippen molar-refractivity contribution in [3.8, 4) is 0 Å². The zero-order valence-corrected chi connectivity index (χ0v) is 17.7. The van der Waals surface area contributed by atoms with E-state index in [1.807, 2.05) is 31.3 Å². The van der Waals surface area contributed by atoms with Gasteiger partial charge in [0.05, 0.1) is 17.3 Å². The molecule has 0 spiro atoms. The Morgan fingerprint density at radius 3 is 2.69 bits per heavy atom. The first kappa shape index (κ1) is 19.6. The van der Waals surface area contributed by atoms with Gasteiger partial charge in [-0.1, -0.05) is 35.5 Å². The van der Waals surface area contributed by atoms with E-state index in [-0.39, 0.29) is 5.91 Å². The molecule has 1 aliphatic rings. The highest BCUT2D eigenvalue weighted by atomic mass is 32.1. The summed E-state index contributed by atoms with van der Waals surface area (Å²) in [5.41, 5.74) is 1.85. The van der Waals surface area contributed by atoms with E-state index in [0.717, 1.165) is 30.2 Å². The maximum Gasteiger partial charge on any atom is 0.230 e. The highest BCUT2D eigenvalue weighted by Crippen LogP contribution is 2.39. The first-order valence-corrected chi connectivity index (χ1v) is 10.7. The smallest absolute Gasteiger partial charge is 0.230 e. The maximum absolute atomic E-state index is 13.2. The molecule has 7 nitrogen and oxygen atoms in total. The summed E-state index contributed by atoms with van der Waals surface area (Å²) in [7, 11) is 0. The Bertz CT molecular complexity index is 927. The molecule has 1 amide bonds. The van der Waals surface area contributed by atoms with Crippen LogP contribution in [0, 0.1) is 19.3 Å². The summed E-state index contributed by atoms with van der Waals surface area (Å²) in [6.07, 6.45) is 5.06. The van der Waals surface area contributed by atoms with Crippen LogP contribution in [0.25, 0.3) is 0 Å². The van der Waals surface area contributed by atoms with E-state index in [0.29, 0.717) is 19.6 Å². The average Bonchev–Trinajstić information content (AvgIpc) is 3.32. The van der Waals surface area contributed by atoms with Crippen molar-refractivity contribution in [3.63, 3.8) is 0 Å². The number of amides is 1. The molecule has 3 aromatic rings. The molecule has 0 radical (unpaired) electrons. The van der Waals surface area contributed by atoms with Crippen LogP contribution in [0.1, 0.15) is 22.6 Å². The highest BCUT2D eigenvalue weighted by Gasteiger charge is 2.50. The minimum Gasteiger partial charge on any atom is -0.355 e. The lowest BCUT2D eigenvalue weighted by atomic mass is 9.74. The van der Waals surface area contributed by atoms with Crippen LogP contribution in [0.2, 0.25) is 0 Å². The number of hydrogen-bond acceptors (Lipinski definition) is 6. The zero-order chi connectivity index (χ0) is 20.3. The summed E-state index contributed by atoms with van der Waals surface area (Å²) in [4.78, 5) is 21.3. The molecule has 1 N–H and O–H groups in total. The van der Waals surface area contributed by atoms with Crippen molar-refractivity contribution in [2.24, 2.45) is 5.41 Å². The van der Waals surface area contributed by atoms with Gasteiger partial charge in [0.25, 0.3) is 0 Å². The van der Waals surface area contributed by atoms with Crippen LogP contribution in [-0.2, 0) is 17.8 Å². The van der Waals surface area contributed by atoms with E-state index in [1.165, 1.54) is 10.4 Å². The number of nitrogens with one attached hydrogen (secondary N) is 1. The van der Waals surface area contributed by atoms with Crippen LogP contribution in [0.15, 0.2) is 42.7 Å². The second kappa shape index (κ2) is 8.32. The number of aryl methyl sites for hydroxylation is 3. The molecule has 2 aromatic heterocycles. The Morgan fingerprint density at radius 1 is 1.24 bits per heavy atom. The Kier molecular flexibility index (Phi) is 5.62. The second-order valence-corrected chi connectivity index (χ2v) is 8.89. The summed E-state index contributed by atoms with van der Waals surface area (Å²) in [6, 6.07) is 10.3. The van der Waals surface area contributed by atoms with Gasteiger partial charge in [-0.15, -0.1) is 16.4 Å². The first-order chi connectivity index (χ1) is 14.1. The minimum absolute atomic E-state index is 0.126. The molecular weight excluding hydrogens is 384 g/mol. The van der Waals surface area contributed by atoms with Crippen LogP contribution in [0.5, 0.6) is 0 Å². The van der Waals surface area contributed by atoms with Gasteiger partial charge in [-0.2, -0.15) is 0 Å². The van der Waals surface area contributed by atoms with Crippen molar-refractivity contribution in [1.82, 2.24) is 25.3 Å². The van der Waals surface area contributed by atoms with E-state index in [9.17, 15) is 4.79 Å². The molecule has 4 rings (SSSR count). The fourth-order valence-electron chi connectivity index (χ4n) is 3.72. The molecule has 0 atom stereocenters. The van der Waals surface area contributed by atoms with E-state index >= 15 is 0 Å². The van der Waals surface area contributed by atoms with Crippen LogP contribution in [0.3, 0.4) is 0 Å². The van der Waals surface area contributed by atoms with Crippen LogP contribution in [0.4, 0.5) is 5.13 Å². The lowest BCUT2D eigenvalue weighted by molar-refractivity contribution is -0.132. The van der Waals surface area contributed by atoms with Gasteiger partial charge in [-0.25, -0.2) is 4.98 Å². The quantitative estimate of drug-likeness (QED) is 0.578. The van der Waals surface area contributed by atoms with Crippen molar-refractivity contribution in [3.05, 3.63) is 58.9 Å². The number of carbonyl (C=O) groups is 1. The molecule has 1 aliphatic heterocycles. The Morgan fingerprint density at radius 2 is 2.03 bits per heavy atom. The van der Waals surface area contributed by atoms with Gasteiger partial charge < -0.3 is 10.2 Å². The molecule has 3 heterocycles. The monoisotopic (exact) mass is 410 g/mol. The fourth-order valence-corrected chi connectivity index (χ4v) is 4.62. The fraction of sp³-hybridized carbons (Fsp3) is 0.429. The number of hydrogen-bond donors (Lipinski definition) is 1. The van der Waals surface area contributed by atoms with Gasteiger partial charge in [-0.05, 0) is 32.3 Å². The summed E-state index contributed by atoms with van der Waals surface area (Å²) < 4.78 is 1.78. The molecule has 1 fully saturated rings. The molecule has 0 aliphatic carbocycles. The van der Waals surface area contributed by atoms with E-state index in [4.69, 9.17) is 0 Å².